The predicted molar refractivity (Wildman–Crippen MR) is 166 cm³/mol. The summed E-state index contributed by atoms with van der Waals surface area (Å²) < 4.78 is 43.3. The molecule has 0 unspecified atom stereocenters. The van der Waals surface area contributed by atoms with Crippen LogP contribution in [0.3, 0.4) is 0 Å². The molecule has 44 heavy (non-hydrogen) atoms. The third-order valence-electron chi connectivity index (χ3n) is 8.44. The lowest BCUT2D eigenvalue weighted by atomic mass is 9.83. The van der Waals surface area contributed by atoms with E-state index in [0.717, 1.165) is 17.7 Å². The first kappa shape index (κ1) is 28.0. The van der Waals surface area contributed by atoms with E-state index in [1.54, 1.807) is 36.4 Å². The van der Waals surface area contributed by atoms with Gasteiger partial charge in [0.25, 0.3) is 21.5 Å². The molecule has 2 N–H and O–H groups in total. The van der Waals surface area contributed by atoms with E-state index < -0.39 is 10.0 Å². The van der Waals surface area contributed by atoms with Gasteiger partial charge in [-0.1, -0.05) is 36.4 Å². The molecule has 3 aliphatic rings. The SMILES string of the molecule is O=C(NCc1ccccc1)c1ccc(N2C[C@H]3C[C@@H](C2)c2cccc(=O)n2C3)c(NS(=O)(=O)c2ccc3c(c2)OCCO3)c1. The highest BCUT2D eigenvalue weighted by Gasteiger charge is 2.35. The number of ether oxygens (including phenoxy) is 2. The van der Waals surface area contributed by atoms with Crippen molar-refractivity contribution in [2.45, 2.75) is 30.3 Å². The fourth-order valence-electron chi connectivity index (χ4n) is 6.40. The van der Waals surface area contributed by atoms with Gasteiger partial charge in [0, 0.05) is 55.5 Å². The minimum absolute atomic E-state index is 0.00407. The van der Waals surface area contributed by atoms with E-state index in [1.165, 1.54) is 12.1 Å². The molecule has 2 atom stereocenters. The summed E-state index contributed by atoms with van der Waals surface area (Å²) in [6.45, 7) is 2.94. The third-order valence-corrected chi connectivity index (χ3v) is 9.81. The maximum atomic E-state index is 13.7. The Morgan fingerprint density at radius 2 is 1.68 bits per heavy atom. The number of sulfonamides is 1. The van der Waals surface area contributed by atoms with Crippen LogP contribution in [0.4, 0.5) is 11.4 Å². The van der Waals surface area contributed by atoms with Crippen molar-refractivity contribution < 1.29 is 22.7 Å². The van der Waals surface area contributed by atoms with Crippen molar-refractivity contribution in [2.75, 3.05) is 35.9 Å². The van der Waals surface area contributed by atoms with Crippen LogP contribution in [0.25, 0.3) is 0 Å². The number of hydrogen-bond acceptors (Lipinski definition) is 7. The molecule has 0 aliphatic carbocycles. The first-order valence-electron chi connectivity index (χ1n) is 14.7. The molecule has 1 aromatic heterocycles. The molecule has 2 bridgehead atoms. The second kappa shape index (κ2) is 11.4. The van der Waals surface area contributed by atoms with E-state index in [4.69, 9.17) is 9.47 Å². The van der Waals surface area contributed by atoms with E-state index in [0.29, 0.717) is 67.8 Å². The molecule has 0 saturated carbocycles. The average Bonchev–Trinajstić information content (AvgIpc) is 3.04. The Bertz CT molecular complexity index is 1890. The first-order valence-corrected chi connectivity index (χ1v) is 16.2. The number of benzene rings is 3. The maximum absolute atomic E-state index is 13.7. The summed E-state index contributed by atoms with van der Waals surface area (Å²) in [5.41, 5.74) is 3.26. The van der Waals surface area contributed by atoms with E-state index in [1.807, 2.05) is 41.0 Å². The molecule has 11 heteroatoms. The molecule has 0 spiro atoms. The Hall–Kier alpha value is -4.77. The van der Waals surface area contributed by atoms with Gasteiger partial charge in [0.1, 0.15) is 13.2 Å². The lowest BCUT2D eigenvalue weighted by Crippen LogP contribution is -2.47. The van der Waals surface area contributed by atoms with Gasteiger partial charge >= 0.3 is 0 Å². The summed E-state index contributed by atoms with van der Waals surface area (Å²) in [6.07, 6.45) is 0.957. The minimum atomic E-state index is -4.07. The van der Waals surface area contributed by atoms with Crippen LogP contribution in [0, 0.1) is 5.92 Å². The number of nitrogens with zero attached hydrogens (tertiary/aromatic N) is 2. The van der Waals surface area contributed by atoms with Crippen LogP contribution in [0.1, 0.15) is 34.0 Å². The molecule has 1 saturated heterocycles. The van der Waals surface area contributed by atoms with Crippen molar-refractivity contribution >= 4 is 27.3 Å². The van der Waals surface area contributed by atoms with Gasteiger partial charge in [0.2, 0.25) is 0 Å². The van der Waals surface area contributed by atoms with Gasteiger partial charge in [-0.25, -0.2) is 8.42 Å². The monoisotopic (exact) mass is 612 g/mol. The lowest BCUT2D eigenvalue weighted by Gasteiger charge is -2.44. The summed E-state index contributed by atoms with van der Waals surface area (Å²) >= 11 is 0. The molecule has 1 fully saturated rings. The Morgan fingerprint density at radius 1 is 0.864 bits per heavy atom. The fourth-order valence-corrected chi connectivity index (χ4v) is 7.48. The molecule has 226 valence electrons. The van der Waals surface area contributed by atoms with Gasteiger partial charge in [0.15, 0.2) is 11.5 Å². The van der Waals surface area contributed by atoms with E-state index >= 15 is 0 Å². The molecule has 0 radical (unpaired) electrons. The van der Waals surface area contributed by atoms with Crippen LogP contribution >= 0.6 is 0 Å². The Labute approximate surface area is 255 Å². The number of nitrogens with one attached hydrogen (secondary N) is 2. The third kappa shape index (κ3) is 5.50. The van der Waals surface area contributed by atoms with Crippen molar-refractivity contribution in [2.24, 2.45) is 5.92 Å². The zero-order valence-corrected chi connectivity index (χ0v) is 24.8. The molecule has 10 nitrogen and oxygen atoms in total. The molecule has 3 aromatic carbocycles. The highest BCUT2D eigenvalue weighted by atomic mass is 32.2. The van der Waals surface area contributed by atoms with Crippen LogP contribution in [0.2, 0.25) is 0 Å². The lowest BCUT2D eigenvalue weighted by molar-refractivity contribution is 0.0951. The van der Waals surface area contributed by atoms with Crippen LogP contribution in [0.15, 0.2) is 94.6 Å². The number of carbonyl (C=O) groups excluding carboxylic acids is 1. The zero-order chi connectivity index (χ0) is 30.3. The quantitative estimate of drug-likeness (QED) is 0.324. The summed E-state index contributed by atoms with van der Waals surface area (Å²) in [5, 5.41) is 2.93. The number of carbonyl (C=O) groups is 1. The summed E-state index contributed by atoms with van der Waals surface area (Å²) in [6, 6.07) is 24.6. The van der Waals surface area contributed by atoms with Gasteiger partial charge in [0.05, 0.1) is 16.3 Å². The molecular weight excluding hydrogens is 580 g/mol. The van der Waals surface area contributed by atoms with Crippen molar-refractivity contribution in [1.82, 2.24) is 9.88 Å². The standard InChI is InChI=1S/C33H32N4O6S/c38-32-8-4-7-28-25-15-23(20-37(28)32)19-36(21-25)29-11-9-24(33(39)34-18-22-5-2-1-3-6-22)16-27(29)35-44(40,41)26-10-12-30-31(17-26)43-14-13-42-30/h1-12,16-17,23,25,35H,13-15,18-21H2,(H,34,39)/t23-,25+/m1/s1. The zero-order valence-electron chi connectivity index (χ0n) is 23.9. The second-order valence-corrected chi connectivity index (χ2v) is 13.1. The van der Waals surface area contributed by atoms with E-state index in [2.05, 4.69) is 14.9 Å². The topological polar surface area (TPSA) is 119 Å². The number of piperidine rings is 1. The maximum Gasteiger partial charge on any atom is 0.262 e. The number of amides is 1. The smallest absolute Gasteiger partial charge is 0.262 e. The molecule has 4 aromatic rings. The number of hydrogen-bond donors (Lipinski definition) is 2. The van der Waals surface area contributed by atoms with Gasteiger partial charge in [-0.2, -0.15) is 0 Å². The summed E-state index contributed by atoms with van der Waals surface area (Å²) in [4.78, 5) is 27.9. The molecule has 3 aliphatic heterocycles. The van der Waals surface area contributed by atoms with Crippen LogP contribution < -0.4 is 30.0 Å². The minimum Gasteiger partial charge on any atom is -0.486 e. The Balaban J connectivity index is 1.21. The molecule has 1 amide bonds. The van der Waals surface area contributed by atoms with Crippen molar-refractivity contribution in [3.05, 3.63) is 112 Å². The van der Waals surface area contributed by atoms with E-state index in [9.17, 15) is 18.0 Å². The van der Waals surface area contributed by atoms with Crippen molar-refractivity contribution in [3.63, 3.8) is 0 Å². The molecule has 7 rings (SSSR count). The van der Waals surface area contributed by atoms with E-state index in [-0.39, 0.29) is 28.2 Å². The molecular formula is C33H32N4O6S. The number of pyridine rings is 1. The van der Waals surface area contributed by atoms with Crippen LogP contribution in [-0.4, -0.2) is 45.2 Å². The van der Waals surface area contributed by atoms with Crippen LogP contribution in [-0.2, 0) is 23.1 Å². The Kier molecular flexibility index (Phi) is 7.25. The number of anilines is 2. The predicted octanol–water partition coefficient (Wildman–Crippen LogP) is 3.97. The number of fused-ring (bicyclic) bond motifs is 5. The van der Waals surface area contributed by atoms with Crippen LogP contribution in [0.5, 0.6) is 11.5 Å². The second-order valence-electron chi connectivity index (χ2n) is 11.4. The van der Waals surface area contributed by atoms with Gasteiger partial charge < -0.3 is 24.3 Å². The van der Waals surface area contributed by atoms with Gasteiger partial charge in [-0.3, -0.25) is 14.3 Å². The number of rotatable bonds is 7. The first-order chi connectivity index (χ1) is 21.3. The molecule has 4 heterocycles. The van der Waals surface area contributed by atoms with Gasteiger partial charge in [-0.05, 0) is 54.3 Å². The highest BCUT2D eigenvalue weighted by Crippen LogP contribution is 2.40. The number of aromatic nitrogens is 1. The van der Waals surface area contributed by atoms with Gasteiger partial charge in [-0.15, -0.1) is 0 Å². The van der Waals surface area contributed by atoms with Crippen molar-refractivity contribution in [1.29, 1.82) is 0 Å². The Morgan fingerprint density at radius 3 is 2.52 bits per heavy atom. The summed E-state index contributed by atoms with van der Waals surface area (Å²) in [7, 11) is -4.07. The highest BCUT2D eigenvalue weighted by molar-refractivity contribution is 7.92. The normalized spacial score (nSPS) is 18.7. The largest absolute Gasteiger partial charge is 0.486 e. The summed E-state index contributed by atoms with van der Waals surface area (Å²) in [5.74, 6) is 0.882. The average molecular weight is 613 g/mol. The fraction of sp³-hybridized carbons (Fsp3) is 0.273. The van der Waals surface area contributed by atoms with Crippen molar-refractivity contribution in [3.8, 4) is 11.5 Å².